The quantitative estimate of drug-likeness (QED) is 0.600. The molecule has 0 saturated heterocycles. The SMILES string of the molecule is COC(=O)c1cc2cc(I)ccc2o1. The molecule has 0 amide bonds. The Bertz CT molecular complexity index is 487. The third-order valence-corrected chi connectivity index (χ3v) is 2.54. The summed E-state index contributed by atoms with van der Waals surface area (Å²) >= 11 is 2.21. The second-order valence-corrected chi connectivity index (χ2v) is 4.03. The van der Waals surface area contributed by atoms with Gasteiger partial charge in [-0.3, -0.25) is 0 Å². The first kappa shape index (κ1) is 9.51. The van der Waals surface area contributed by atoms with E-state index in [1.807, 2.05) is 18.2 Å². The van der Waals surface area contributed by atoms with Crippen LogP contribution in [-0.2, 0) is 4.74 Å². The summed E-state index contributed by atoms with van der Waals surface area (Å²) in [7, 11) is 1.33. The number of furan rings is 1. The lowest BCUT2D eigenvalue weighted by Crippen LogP contribution is -1.97. The van der Waals surface area contributed by atoms with Gasteiger partial charge >= 0.3 is 5.97 Å². The lowest BCUT2D eigenvalue weighted by atomic mass is 10.2. The average molecular weight is 302 g/mol. The standard InChI is InChI=1S/C10H7IO3/c1-13-10(12)9-5-6-4-7(11)2-3-8(6)14-9/h2-5H,1H3. The van der Waals surface area contributed by atoms with Crippen molar-refractivity contribution in [1.82, 2.24) is 0 Å². The van der Waals surface area contributed by atoms with E-state index in [0.29, 0.717) is 5.58 Å². The van der Waals surface area contributed by atoms with Crippen LogP contribution in [0.15, 0.2) is 28.7 Å². The van der Waals surface area contributed by atoms with E-state index >= 15 is 0 Å². The number of methoxy groups -OCH3 is 1. The number of esters is 1. The summed E-state index contributed by atoms with van der Waals surface area (Å²) in [6.07, 6.45) is 0. The van der Waals surface area contributed by atoms with Crippen LogP contribution in [0.4, 0.5) is 0 Å². The summed E-state index contributed by atoms with van der Waals surface area (Å²) in [6.45, 7) is 0. The van der Waals surface area contributed by atoms with E-state index in [2.05, 4.69) is 27.3 Å². The van der Waals surface area contributed by atoms with Crippen molar-refractivity contribution in [2.75, 3.05) is 7.11 Å². The minimum Gasteiger partial charge on any atom is -0.463 e. The summed E-state index contributed by atoms with van der Waals surface area (Å²) < 4.78 is 11.0. The molecule has 1 aromatic heterocycles. The highest BCUT2D eigenvalue weighted by Crippen LogP contribution is 2.21. The highest BCUT2D eigenvalue weighted by atomic mass is 127. The van der Waals surface area contributed by atoms with Gasteiger partial charge in [-0.05, 0) is 46.9 Å². The van der Waals surface area contributed by atoms with E-state index in [9.17, 15) is 4.79 Å². The minimum atomic E-state index is -0.448. The second-order valence-electron chi connectivity index (χ2n) is 2.78. The van der Waals surface area contributed by atoms with Crippen molar-refractivity contribution in [2.45, 2.75) is 0 Å². The van der Waals surface area contributed by atoms with E-state index in [-0.39, 0.29) is 5.76 Å². The molecule has 0 aliphatic rings. The molecule has 1 heterocycles. The third kappa shape index (κ3) is 1.61. The van der Waals surface area contributed by atoms with Crippen LogP contribution < -0.4 is 0 Å². The molecule has 0 atom stereocenters. The fourth-order valence-electron chi connectivity index (χ4n) is 1.22. The summed E-state index contributed by atoms with van der Waals surface area (Å²) in [5.41, 5.74) is 0.700. The number of carbonyl (C=O) groups excluding carboxylic acids is 1. The molecule has 2 aromatic rings. The number of carbonyl (C=O) groups is 1. The van der Waals surface area contributed by atoms with Crippen molar-refractivity contribution in [1.29, 1.82) is 0 Å². The fourth-order valence-corrected chi connectivity index (χ4v) is 1.73. The topological polar surface area (TPSA) is 39.4 Å². The molecule has 0 spiro atoms. The van der Waals surface area contributed by atoms with Gasteiger partial charge in [0, 0.05) is 8.96 Å². The fraction of sp³-hybridized carbons (Fsp3) is 0.100. The molecule has 72 valence electrons. The Labute approximate surface area is 94.2 Å². The van der Waals surface area contributed by atoms with E-state index in [1.54, 1.807) is 6.07 Å². The summed E-state index contributed by atoms with van der Waals surface area (Å²) in [5, 5.41) is 0.914. The van der Waals surface area contributed by atoms with Gasteiger partial charge in [-0.2, -0.15) is 0 Å². The Morgan fingerprint density at radius 2 is 2.21 bits per heavy atom. The first-order chi connectivity index (χ1) is 6.70. The molecule has 0 saturated carbocycles. The molecular weight excluding hydrogens is 295 g/mol. The minimum absolute atomic E-state index is 0.240. The normalized spacial score (nSPS) is 10.4. The van der Waals surface area contributed by atoms with Gasteiger partial charge in [0.2, 0.25) is 5.76 Å². The van der Waals surface area contributed by atoms with Crippen molar-refractivity contribution in [3.63, 3.8) is 0 Å². The molecule has 2 rings (SSSR count). The molecule has 0 unspecified atom stereocenters. The molecule has 0 bridgehead atoms. The monoisotopic (exact) mass is 302 g/mol. The molecule has 0 radical (unpaired) electrons. The summed E-state index contributed by atoms with van der Waals surface area (Å²) in [6, 6.07) is 7.40. The Hall–Kier alpha value is -1.04. The number of rotatable bonds is 1. The second kappa shape index (κ2) is 3.61. The van der Waals surface area contributed by atoms with E-state index in [0.717, 1.165) is 8.96 Å². The van der Waals surface area contributed by atoms with Gasteiger partial charge in [0.1, 0.15) is 5.58 Å². The average Bonchev–Trinajstić information content (AvgIpc) is 2.59. The number of fused-ring (bicyclic) bond motifs is 1. The van der Waals surface area contributed by atoms with E-state index in [1.165, 1.54) is 7.11 Å². The van der Waals surface area contributed by atoms with E-state index in [4.69, 9.17) is 4.42 Å². The summed E-state index contributed by atoms with van der Waals surface area (Å²) in [4.78, 5) is 11.2. The molecule has 14 heavy (non-hydrogen) atoms. The van der Waals surface area contributed by atoms with Crippen molar-refractivity contribution in [3.05, 3.63) is 33.6 Å². The first-order valence-corrected chi connectivity index (χ1v) is 5.06. The molecule has 1 aromatic carbocycles. The van der Waals surface area contributed by atoms with Crippen LogP contribution in [0.5, 0.6) is 0 Å². The maximum Gasteiger partial charge on any atom is 0.373 e. The Kier molecular flexibility index (Phi) is 2.45. The molecule has 4 heteroatoms. The van der Waals surface area contributed by atoms with Gasteiger partial charge in [-0.15, -0.1) is 0 Å². The molecule has 0 aliphatic carbocycles. The largest absolute Gasteiger partial charge is 0.463 e. The highest BCUT2D eigenvalue weighted by molar-refractivity contribution is 14.1. The Morgan fingerprint density at radius 1 is 1.43 bits per heavy atom. The van der Waals surface area contributed by atoms with Crippen LogP contribution in [0.2, 0.25) is 0 Å². The van der Waals surface area contributed by atoms with Gasteiger partial charge < -0.3 is 9.15 Å². The van der Waals surface area contributed by atoms with Crippen LogP contribution in [-0.4, -0.2) is 13.1 Å². The highest BCUT2D eigenvalue weighted by Gasteiger charge is 2.11. The van der Waals surface area contributed by atoms with Gasteiger partial charge in [-0.25, -0.2) is 4.79 Å². The van der Waals surface area contributed by atoms with Crippen LogP contribution in [0.1, 0.15) is 10.6 Å². The molecule has 0 aliphatic heterocycles. The van der Waals surface area contributed by atoms with Crippen molar-refractivity contribution < 1.29 is 13.9 Å². The Morgan fingerprint density at radius 3 is 2.93 bits per heavy atom. The summed E-state index contributed by atoms with van der Waals surface area (Å²) in [5.74, 6) is -0.208. The van der Waals surface area contributed by atoms with Crippen LogP contribution in [0.25, 0.3) is 11.0 Å². The van der Waals surface area contributed by atoms with E-state index < -0.39 is 5.97 Å². The lowest BCUT2D eigenvalue weighted by Gasteiger charge is -1.90. The van der Waals surface area contributed by atoms with Crippen molar-refractivity contribution in [3.8, 4) is 0 Å². The predicted octanol–water partition coefficient (Wildman–Crippen LogP) is 2.82. The molecule has 0 fully saturated rings. The van der Waals surface area contributed by atoms with Crippen LogP contribution in [0, 0.1) is 3.57 Å². The molecular formula is C10H7IO3. The number of benzene rings is 1. The lowest BCUT2D eigenvalue weighted by molar-refractivity contribution is 0.0567. The zero-order valence-corrected chi connectivity index (χ0v) is 9.57. The maximum atomic E-state index is 11.2. The smallest absolute Gasteiger partial charge is 0.373 e. The Balaban J connectivity index is 2.56. The van der Waals surface area contributed by atoms with Crippen LogP contribution >= 0.6 is 22.6 Å². The van der Waals surface area contributed by atoms with Gasteiger partial charge in [0.25, 0.3) is 0 Å². The number of ether oxygens (including phenoxy) is 1. The molecule has 3 nitrogen and oxygen atoms in total. The predicted molar refractivity (Wildman–Crippen MR) is 60.3 cm³/mol. The number of halogens is 1. The zero-order chi connectivity index (χ0) is 10.1. The van der Waals surface area contributed by atoms with Crippen molar-refractivity contribution in [2.24, 2.45) is 0 Å². The maximum absolute atomic E-state index is 11.2. The molecule has 0 N–H and O–H groups in total. The third-order valence-electron chi connectivity index (χ3n) is 1.86. The van der Waals surface area contributed by atoms with Crippen LogP contribution in [0.3, 0.4) is 0 Å². The van der Waals surface area contributed by atoms with Gasteiger partial charge in [0.15, 0.2) is 0 Å². The van der Waals surface area contributed by atoms with Gasteiger partial charge in [0.05, 0.1) is 7.11 Å². The number of hydrogen-bond donors (Lipinski definition) is 0. The first-order valence-electron chi connectivity index (χ1n) is 3.98. The van der Waals surface area contributed by atoms with Crippen molar-refractivity contribution >= 4 is 39.5 Å². The van der Waals surface area contributed by atoms with Gasteiger partial charge in [-0.1, -0.05) is 0 Å². The zero-order valence-electron chi connectivity index (χ0n) is 7.41. The number of hydrogen-bond acceptors (Lipinski definition) is 3.